The Morgan fingerprint density at radius 1 is 1.33 bits per heavy atom. The maximum atomic E-state index is 12.8. The van der Waals surface area contributed by atoms with Gasteiger partial charge in [-0.15, -0.1) is 11.3 Å². The van der Waals surface area contributed by atoms with Gasteiger partial charge in [0.15, 0.2) is 5.78 Å². The molecule has 0 bridgehead atoms. The van der Waals surface area contributed by atoms with Crippen LogP contribution < -0.4 is 5.63 Å². The molecule has 0 aromatic carbocycles. The van der Waals surface area contributed by atoms with Gasteiger partial charge in [-0.3, -0.25) is 9.59 Å². The molecule has 2 rings (SSSR count). The fraction of sp³-hybridized carbons (Fsp3) is 0.440. The molecular weight excluding hydrogens is 442 g/mol. The molecule has 1 unspecified atom stereocenters. The lowest BCUT2D eigenvalue weighted by Gasteiger charge is -2.11. The molecule has 8 heteroatoms. The number of rotatable bonds is 12. The third-order valence-electron chi connectivity index (χ3n) is 5.14. The second kappa shape index (κ2) is 12.9. The zero-order valence-corrected chi connectivity index (χ0v) is 20.4. The van der Waals surface area contributed by atoms with Crippen molar-refractivity contribution in [1.82, 2.24) is 4.98 Å². The summed E-state index contributed by atoms with van der Waals surface area (Å²) in [5.41, 5.74) is -0.906. The first-order chi connectivity index (χ1) is 15.8. The summed E-state index contributed by atoms with van der Waals surface area (Å²) in [6.45, 7) is 5.58. The quantitative estimate of drug-likeness (QED) is 0.189. The Balaban J connectivity index is 2.09. The van der Waals surface area contributed by atoms with Crippen LogP contribution in [0.4, 0.5) is 0 Å². The van der Waals surface area contributed by atoms with Crippen LogP contribution >= 0.6 is 11.3 Å². The van der Waals surface area contributed by atoms with Crippen LogP contribution in [-0.2, 0) is 16.0 Å². The smallest absolute Gasteiger partial charge is 0.351 e. The summed E-state index contributed by atoms with van der Waals surface area (Å²) in [6.07, 6.45) is 11.5. The summed E-state index contributed by atoms with van der Waals surface area (Å²) in [4.78, 5) is 41.6. The summed E-state index contributed by atoms with van der Waals surface area (Å²) in [5, 5.41) is 11.4. The Kier molecular flexibility index (Phi) is 10.3. The molecule has 0 radical (unpaired) electrons. The SMILES string of the molecule is CCCCc1ncc(C=C(C)C(=O)c2c(O)cc(C(C)CC/C=C/CC(=O)OC)oc2=O)s1. The highest BCUT2D eigenvalue weighted by molar-refractivity contribution is 7.12. The van der Waals surface area contributed by atoms with Crippen molar-refractivity contribution in [3.63, 3.8) is 0 Å². The number of ketones is 1. The number of carbonyl (C=O) groups excluding carboxylic acids is 2. The molecule has 2 heterocycles. The summed E-state index contributed by atoms with van der Waals surface area (Å²) < 4.78 is 9.93. The van der Waals surface area contributed by atoms with Crippen LogP contribution in [0.2, 0.25) is 0 Å². The highest BCUT2D eigenvalue weighted by Gasteiger charge is 2.22. The van der Waals surface area contributed by atoms with Crippen molar-refractivity contribution >= 4 is 29.2 Å². The number of hydrogen-bond acceptors (Lipinski definition) is 8. The van der Waals surface area contributed by atoms with E-state index in [0.717, 1.165) is 29.1 Å². The van der Waals surface area contributed by atoms with Crippen molar-refractivity contribution in [3.8, 4) is 5.75 Å². The number of aryl methyl sites for hydroxylation is 1. The van der Waals surface area contributed by atoms with Gasteiger partial charge >= 0.3 is 11.6 Å². The van der Waals surface area contributed by atoms with E-state index in [1.54, 1.807) is 25.3 Å². The number of methoxy groups -OCH3 is 1. The van der Waals surface area contributed by atoms with E-state index in [9.17, 15) is 19.5 Å². The molecule has 0 amide bonds. The number of aromatic hydroxyl groups is 1. The predicted octanol–water partition coefficient (Wildman–Crippen LogP) is 5.43. The van der Waals surface area contributed by atoms with Crippen molar-refractivity contribution in [3.05, 3.63) is 61.6 Å². The second-order valence-electron chi connectivity index (χ2n) is 7.84. The molecule has 0 spiro atoms. The van der Waals surface area contributed by atoms with Gasteiger partial charge in [-0.2, -0.15) is 0 Å². The lowest BCUT2D eigenvalue weighted by molar-refractivity contribution is -0.139. The maximum Gasteiger partial charge on any atom is 0.351 e. The lowest BCUT2D eigenvalue weighted by Crippen LogP contribution is -2.16. The number of Topliss-reactive ketones (excluding diaryl/α,β-unsaturated/α-hetero) is 1. The number of aromatic nitrogens is 1. The number of ether oxygens (including phenoxy) is 1. The lowest BCUT2D eigenvalue weighted by atomic mass is 9.99. The molecule has 0 aliphatic heterocycles. The molecule has 2 aromatic rings. The van der Waals surface area contributed by atoms with E-state index in [1.165, 1.54) is 24.5 Å². The van der Waals surface area contributed by atoms with Crippen molar-refractivity contribution in [2.75, 3.05) is 7.11 Å². The summed E-state index contributed by atoms with van der Waals surface area (Å²) in [6, 6.07) is 1.33. The van der Waals surface area contributed by atoms with Gasteiger partial charge in [0.2, 0.25) is 0 Å². The minimum atomic E-state index is -0.858. The molecular formula is C25H31NO6S. The molecule has 0 fully saturated rings. The van der Waals surface area contributed by atoms with E-state index in [1.807, 2.05) is 13.0 Å². The number of esters is 1. The molecule has 0 aliphatic rings. The first-order valence-electron chi connectivity index (χ1n) is 11.0. The van der Waals surface area contributed by atoms with Crippen LogP contribution in [0.1, 0.15) is 84.8 Å². The van der Waals surface area contributed by atoms with E-state index < -0.39 is 11.4 Å². The van der Waals surface area contributed by atoms with Crippen LogP contribution in [0, 0.1) is 0 Å². The highest BCUT2D eigenvalue weighted by atomic mass is 32.1. The number of allylic oxidation sites excluding steroid dienone is 2. The topological polar surface area (TPSA) is 107 Å². The third kappa shape index (κ3) is 7.82. The van der Waals surface area contributed by atoms with E-state index in [2.05, 4.69) is 16.6 Å². The Morgan fingerprint density at radius 2 is 2.09 bits per heavy atom. The monoisotopic (exact) mass is 473 g/mol. The zero-order chi connectivity index (χ0) is 24.4. The number of carbonyl (C=O) groups is 2. The van der Waals surface area contributed by atoms with Gasteiger partial charge in [-0.1, -0.05) is 32.4 Å². The minimum absolute atomic E-state index is 0.161. The summed E-state index contributed by atoms with van der Waals surface area (Å²) >= 11 is 1.51. The van der Waals surface area contributed by atoms with Crippen molar-refractivity contribution in [2.24, 2.45) is 0 Å². The molecule has 2 aromatic heterocycles. The number of unbranched alkanes of at least 4 members (excludes halogenated alkanes) is 1. The van der Waals surface area contributed by atoms with Gasteiger partial charge in [-0.05, 0) is 44.3 Å². The second-order valence-corrected chi connectivity index (χ2v) is 8.99. The van der Waals surface area contributed by atoms with Crippen LogP contribution in [0.5, 0.6) is 5.75 Å². The molecule has 1 atom stereocenters. The average Bonchev–Trinajstić information content (AvgIpc) is 3.23. The third-order valence-corrected chi connectivity index (χ3v) is 6.14. The summed E-state index contributed by atoms with van der Waals surface area (Å²) in [7, 11) is 1.34. The molecule has 0 saturated carbocycles. The van der Waals surface area contributed by atoms with Crippen LogP contribution in [0.3, 0.4) is 0 Å². The molecule has 178 valence electrons. The highest BCUT2D eigenvalue weighted by Crippen LogP contribution is 2.27. The molecule has 33 heavy (non-hydrogen) atoms. The van der Waals surface area contributed by atoms with Crippen LogP contribution in [0.25, 0.3) is 6.08 Å². The normalized spacial score (nSPS) is 12.8. The van der Waals surface area contributed by atoms with E-state index in [0.29, 0.717) is 24.2 Å². The van der Waals surface area contributed by atoms with Gasteiger partial charge in [0.05, 0.1) is 18.5 Å². The first kappa shape index (κ1) is 26.3. The van der Waals surface area contributed by atoms with Gasteiger partial charge in [0.1, 0.15) is 17.1 Å². The largest absolute Gasteiger partial charge is 0.507 e. The zero-order valence-electron chi connectivity index (χ0n) is 19.6. The predicted molar refractivity (Wildman–Crippen MR) is 129 cm³/mol. The minimum Gasteiger partial charge on any atom is -0.507 e. The average molecular weight is 474 g/mol. The molecule has 0 saturated heterocycles. The van der Waals surface area contributed by atoms with Gasteiger partial charge in [0, 0.05) is 23.1 Å². The molecule has 0 aliphatic carbocycles. The van der Waals surface area contributed by atoms with E-state index >= 15 is 0 Å². The Morgan fingerprint density at radius 3 is 2.76 bits per heavy atom. The van der Waals surface area contributed by atoms with E-state index in [4.69, 9.17) is 4.42 Å². The summed E-state index contributed by atoms with van der Waals surface area (Å²) in [5.74, 6) is -1.13. The number of hydrogen-bond donors (Lipinski definition) is 1. The van der Waals surface area contributed by atoms with Gasteiger partial charge in [0.25, 0.3) is 0 Å². The standard InChI is InChI=1S/C25H31NO6S/c1-5-6-11-21-26-15-18(33-21)13-17(3)24(29)23-19(27)14-20(32-25(23)30)16(2)10-8-7-9-12-22(28)31-4/h7,9,13-16,27H,5-6,8,10-12H2,1-4H3/b9-7+,17-13?. The van der Waals surface area contributed by atoms with E-state index in [-0.39, 0.29) is 29.6 Å². The van der Waals surface area contributed by atoms with Gasteiger partial charge in [-0.25, -0.2) is 9.78 Å². The fourth-order valence-corrected chi connectivity index (χ4v) is 4.10. The molecule has 7 nitrogen and oxygen atoms in total. The van der Waals surface area contributed by atoms with Crippen molar-refractivity contribution in [1.29, 1.82) is 0 Å². The van der Waals surface area contributed by atoms with Crippen molar-refractivity contribution < 1.29 is 23.8 Å². The Hall–Kier alpha value is -3.00. The Labute approximate surface area is 197 Å². The fourth-order valence-electron chi connectivity index (χ4n) is 3.13. The van der Waals surface area contributed by atoms with Crippen molar-refractivity contribution in [2.45, 2.75) is 65.2 Å². The first-order valence-corrected chi connectivity index (χ1v) is 11.8. The number of thiazole rings is 1. The maximum absolute atomic E-state index is 12.8. The number of nitrogens with zero attached hydrogens (tertiary/aromatic N) is 1. The van der Waals surface area contributed by atoms with Gasteiger partial charge < -0.3 is 14.3 Å². The molecule has 1 N–H and O–H groups in total. The van der Waals surface area contributed by atoms with Crippen LogP contribution in [0.15, 0.2) is 39.2 Å². The Bertz CT molecular complexity index is 1080. The van der Waals surface area contributed by atoms with Crippen LogP contribution in [-0.4, -0.2) is 29.0 Å².